The number of carboxylic acids is 2. The fraction of sp³-hybridized carbons (Fsp3) is 0.529. The van der Waals surface area contributed by atoms with Gasteiger partial charge in [-0.1, -0.05) is 76.2 Å². The molecular formula is C70H101N19O22. The maximum Gasteiger partial charge on any atom is 0.326 e. The Bertz CT molecular complexity index is 3870. The molecule has 2 heterocycles. The van der Waals surface area contributed by atoms with Gasteiger partial charge >= 0.3 is 11.9 Å². The molecule has 26 N–H and O–H groups in total. The van der Waals surface area contributed by atoms with Crippen LogP contribution in [-0.4, -0.2) is 236 Å². The molecule has 0 unspecified atom stereocenters. The first-order chi connectivity index (χ1) is 52.3. The number of hydrogen-bond donors (Lipinski definition) is 21. The van der Waals surface area contributed by atoms with Gasteiger partial charge in [-0.15, -0.1) is 0 Å². The Morgan fingerprint density at radius 1 is 0.477 bits per heavy atom. The number of carbonyl (C=O) groups is 19. The first-order valence-corrected chi connectivity index (χ1v) is 35.7. The van der Waals surface area contributed by atoms with Crippen LogP contribution in [0.15, 0.2) is 60.8 Å². The normalized spacial score (nSPS) is 15.4. The van der Waals surface area contributed by atoms with Crippen LogP contribution in [0.5, 0.6) is 0 Å². The van der Waals surface area contributed by atoms with Gasteiger partial charge in [0.15, 0.2) is 0 Å². The van der Waals surface area contributed by atoms with E-state index in [0.29, 0.717) is 22.0 Å². The van der Waals surface area contributed by atoms with E-state index in [1.54, 1.807) is 82.3 Å². The predicted octanol–water partition coefficient (Wildman–Crippen LogP) is -7.31. The van der Waals surface area contributed by atoms with Crippen molar-refractivity contribution in [3.8, 4) is 0 Å². The number of amides is 17. The van der Waals surface area contributed by atoms with Crippen LogP contribution in [0.25, 0.3) is 10.9 Å². The fourth-order valence-corrected chi connectivity index (χ4v) is 11.7. The van der Waals surface area contributed by atoms with Gasteiger partial charge in [-0.05, 0) is 80.9 Å². The summed E-state index contributed by atoms with van der Waals surface area (Å²) in [6, 6.07) is -4.55. The van der Waals surface area contributed by atoms with E-state index < -0.39 is 262 Å². The summed E-state index contributed by atoms with van der Waals surface area (Å²) in [4.78, 5) is 258. The van der Waals surface area contributed by atoms with Crippen molar-refractivity contribution in [3.05, 3.63) is 71.9 Å². The Morgan fingerprint density at radius 2 is 0.937 bits per heavy atom. The third kappa shape index (κ3) is 31.1. The highest BCUT2D eigenvalue weighted by Gasteiger charge is 2.42. The van der Waals surface area contributed by atoms with Gasteiger partial charge in [0.25, 0.3) is 0 Å². The lowest BCUT2D eigenvalue weighted by Crippen LogP contribution is -2.61. The summed E-state index contributed by atoms with van der Waals surface area (Å²) < 4.78 is 0. The van der Waals surface area contributed by atoms with E-state index in [-0.39, 0.29) is 51.0 Å². The van der Waals surface area contributed by atoms with Crippen LogP contribution in [0.3, 0.4) is 0 Å². The van der Waals surface area contributed by atoms with Crippen molar-refractivity contribution in [2.24, 2.45) is 40.5 Å². The number of likely N-dealkylation sites (tertiary alicyclic amines) is 1. The number of primary amides is 4. The van der Waals surface area contributed by atoms with E-state index in [1.165, 1.54) is 13.1 Å². The minimum Gasteiger partial charge on any atom is -0.481 e. The van der Waals surface area contributed by atoms with E-state index in [0.717, 1.165) is 4.90 Å². The van der Waals surface area contributed by atoms with Gasteiger partial charge in [-0.2, -0.15) is 0 Å². The lowest BCUT2D eigenvalue weighted by molar-refractivity contribution is -0.143. The molecule has 12 atom stereocenters. The number of hydrogen-bond acceptors (Lipinski definition) is 21. The number of para-hydroxylation sites is 1. The summed E-state index contributed by atoms with van der Waals surface area (Å²) in [6.07, 6.45) is -4.49. The second kappa shape index (κ2) is 45.0. The number of nitrogens with zero attached hydrogens (tertiary/aromatic N) is 1. The van der Waals surface area contributed by atoms with Crippen LogP contribution < -0.4 is 92.5 Å². The topological polar surface area (TPSA) is 679 Å². The zero-order chi connectivity index (χ0) is 82.9. The minimum atomic E-state index is -1.93. The highest BCUT2D eigenvalue weighted by molar-refractivity contribution is 6.02. The third-order valence-corrected chi connectivity index (χ3v) is 17.3. The molecule has 41 heteroatoms. The van der Waals surface area contributed by atoms with Gasteiger partial charge in [-0.3, -0.25) is 86.3 Å². The minimum absolute atomic E-state index is 0.00803. The van der Waals surface area contributed by atoms with Crippen molar-refractivity contribution in [2.75, 3.05) is 26.2 Å². The number of carboxylic acid groups (broad SMARTS) is 2. The van der Waals surface area contributed by atoms with Gasteiger partial charge in [0, 0.05) is 55.7 Å². The fourth-order valence-electron chi connectivity index (χ4n) is 11.7. The van der Waals surface area contributed by atoms with E-state index in [9.17, 15) is 106 Å². The molecule has 1 aromatic heterocycles. The summed E-state index contributed by atoms with van der Waals surface area (Å²) >= 11 is 0. The van der Waals surface area contributed by atoms with Crippen molar-refractivity contribution in [2.45, 2.75) is 197 Å². The quantitative estimate of drug-likeness (QED) is 0.0250. The molecule has 0 spiro atoms. The van der Waals surface area contributed by atoms with Crippen LogP contribution in [0.1, 0.15) is 123 Å². The van der Waals surface area contributed by atoms with Crippen molar-refractivity contribution < 1.29 is 106 Å². The molecule has 0 aliphatic carbocycles. The monoisotopic (exact) mass is 1560 g/mol. The van der Waals surface area contributed by atoms with E-state index >= 15 is 0 Å². The molecule has 1 fully saturated rings. The Hall–Kier alpha value is -12.2. The van der Waals surface area contributed by atoms with Crippen molar-refractivity contribution in [1.82, 2.24) is 73.7 Å². The molecule has 3 aromatic rings. The predicted molar refractivity (Wildman–Crippen MR) is 391 cm³/mol. The lowest BCUT2D eigenvalue weighted by Gasteiger charge is -2.31. The number of fused-ring (bicyclic) bond motifs is 1. The molecular weight excluding hydrogens is 1460 g/mol. The summed E-state index contributed by atoms with van der Waals surface area (Å²) in [5.41, 5.74) is 28.8. The van der Waals surface area contributed by atoms with Gasteiger partial charge in [0.1, 0.15) is 72.5 Å². The second-order valence-electron chi connectivity index (χ2n) is 27.4. The number of aromatic nitrogens is 1. The highest BCUT2D eigenvalue weighted by Crippen LogP contribution is 2.23. The van der Waals surface area contributed by atoms with E-state index in [1.807, 2.05) is 0 Å². The first kappa shape index (κ1) is 91.2. The number of aliphatic hydroxyl groups is 1. The van der Waals surface area contributed by atoms with Crippen LogP contribution in [-0.2, 0) is 104 Å². The van der Waals surface area contributed by atoms with Crippen LogP contribution >= 0.6 is 0 Å². The van der Waals surface area contributed by atoms with Crippen molar-refractivity contribution in [3.63, 3.8) is 0 Å². The molecule has 111 heavy (non-hydrogen) atoms. The summed E-state index contributed by atoms with van der Waals surface area (Å²) in [5.74, 6) is -21.5. The molecule has 17 amide bonds. The highest BCUT2D eigenvalue weighted by atomic mass is 16.4. The first-order valence-electron chi connectivity index (χ1n) is 35.7. The van der Waals surface area contributed by atoms with Crippen molar-refractivity contribution >= 4 is 123 Å². The molecule has 0 bridgehead atoms. The molecule has 2 aromatic carbocycles. The standard InChI is InChI=1S/C70H101N19O22/c1-34(2)24-44(83-66(106)47(29-55(75)94)86-68(108)51-16-11-23-89(51)69(109)48(25-35(3)4)87-67(107)50(33-90)80-56(95)30-71)64(104)85-46(28-54(74)93)65(105)84-45(27-38-31-76-40-15-10-9-14-39(38)40)60(100)77-32-57(96)79-41(17-20-52(72)91)62(102)82-43(19-22-58(97)98)63(103)81-42(18-21-53(73)92)61(101)78-36(5)59(99)88-49(70(110)111)26-37-12-7-6-8-13-37/h6-10,12-15,31,34-36,41-51,76,90H,11,16-30,32-33,71H2,1-5H3,(H2,72,91)(H2,73,92)(H2,74,93)(H2,75,94)(H,77,100)(H,78,101)(H,79,96)(H,80,95)(H,81,103)(H,82,102)(H,83,106)(H,84,105)(H,85,104)(H,86,108)(H,87,107)(H,88,99)(H,97,98)(H,110,111)/t36-,41-,42-,43-,44-,45-,46-,47-,48-,49-,50-,51-/m0/s1. The number of H-pyrrole nitrogens is 1. The van der Waals surface area contributed by atoms with Gasteiger partial charge in [0.05, 0.1) is 32.5 Å². The Labute approximate surface area is 636 Å². The summed E-state index contributed by atoms with van der Waals surface area (Å²) in [6.45, 7) is 5.57. The van der Waals surface area contributed by atoms with Crippen LogP contribution in [0, 0.1) is 11.8 Å². The van der Waals surface area contributed by atoms with E-state index in [4.69, 9.17) is 28.7 Å². The Balaban J connectivity index is 1.56. The number of aromatic amines is 1. The zero-order valence-corrected chi connectivity index (χ0v) is 62.0. The average molecular weight is 1560 g/mol. The SMILES string of the molecule is CC(C)C[C@H](NC(=O)[C@H](CC(N)=O)NC(=O)[C@@H]1CCCN1C(=O)[C@H](CC(C)C)NC(=O)[C@H](CO)NC(=O)CN)C(=O)N[C@@H](CC(N)=O)C(=O)N[C@@H](Cc1c[nH]c2ccccc12)C(=O)NCC(=O)N[C@@H](CCC(N)=O)C(=O)N[C@@H](CCC(=O)O)C(=O)N[C@@H](CCC(N)=O)C(=O)N[C@@H](C)C(=O)N[C@@H](Cc1ccccc1)C(=O)O. The molecule has 41 nitrogen and oxygen atoms in total. The Morgan fingerprint density at radius 3 is 1.48 bits per heavy atom. The summed E-state index contributed by atoms with van der Waals surface area (Å²) in [5, 5.41) is 58.1. The van der Waals surface area contributed by atoms with Crippen molar-refractivity contribution in [1.29, 1.82) is 0 Å². The molecule has 0 radical (unpaired) electrons. The number of rotatable bonds is 48. The summed E-state index contributed by atoms with van der Waals surface area (Å²) in [7, 11) is 0. The van der Waals surface area contributed by atoms with Gasteiger partial charge < -0.3 is 118 Å². The molecule has 1 aliphatic rings. The third-order valence-electron chi connectivity index (χ3n) is 17.3. The smallest absolute Gasteiger partial charge is 0.326 e. The second-order valence-corrected chi connectivity index (χ2v) is 27.4. The lowest BCUT2D eigenvalue weighted by atomic mass is 10.0. The van der Waals surface area contributed by atoms with Crippen LogP contribution in [0.2, 0.25) is 0 Å². The number of nitrogens with one attached hydrogen (secondary N) is 13. The maximum atomic E-state index is 14.5. The van der Waals surface area contributed by atoms with Crippen LogP contribution in [0.4, 0.5) is 0 Å². The number of carbonyl (C=O) groups excluding carboxylic acids is 17. The molecule has 0 saturated carbocycles. The largest absolute Gasteiger partial charge is 0.481 e. The molecule has 1 saturated heterocycles. The maximum absolute atomic E-state index is 14.5. The molecule has 1 aliphatic heterocycles. The molecule has 608 valence electrons. The number of aliphatic carboxylic acids is 2. The molecule has 4 rings (SSSR count). The number of nitrogens with two attached hydrogens (primary N) is 5. The number of benzene rings is 2. The average Bonchev–Trinajstić information content (AvgIpc) is 1.72. The van der Waals surface area contributed by atoms with Gasteiger partial charge in [0.2, 0.25) is 100 Å². The van der Waals surface area contributed by atoms with Gasteiger partial charge in [-0.25, -0.2) is 4.79 Å². The van der Waals surface area contributed by atoms with E-state index in [2.05, 4.69) is 68.8 Å². The number of aliphatic hydroxyl groups excluding tert-OH is 1. The Kier molecular flexibility index (Phi) is 36.9. The zero-order valence-electron chi connectivity index (χ0n) is 62.0.